The maximum Gasteiger partial charge on any atom is 0.303 e. The molecule has 1 aromatic carbocycles. The summed E-state index contributed by atoms with van der Waals surface area (Å²) in [6.07, 6.45) is 0.153. The summed E-state index contributed by atoms with van der Waals surface area (Å²) in [6, 6.07) is 5.30. The summed E-state index contributed by atoms with van der Waals surface area (Å²) in [4.78, 5) is 21.5. The van der Waals surface area contributed by atoms with Crippen molar-refractivity contribution in [3.8, 4) is 0 Å². The van der Waals surface area contributed by atoms with Gasteiger partial charge in [0.2, 0.25) is 5.91 Å². The molecule has 0 saturated carbocycles. The van der Waals surface area contributed by atoms with E-state index in [0.717, 1.165) is 0 Å². The molecule has 2 N–H and O–H groups in total. The summed E-state index contributed by atoms with van der Waals surface area (Å²) in [7, 11) is 0. The molecule has 1 aromatic rings. The summed E-state index contributed by atoms with van der Waals surface area (Å²) in [5.74, 6) is -1.63. The molecule has 1 amide bonds. The predicted octanol–water partition coefficient (Wildman–Crippen LogP) is 1.87. The summed E-state index contributed by atoms with van der Waals surface area (Å²) in [5, 5.41) is 11.2. The fourth-order valence-electron chi connectivity index (χ4n) is 1.56. The lowest BCUT2D eigenvalue weighted by molar-refractivity contribution is -0.137. The molecule has 0 aliphatic heterocycles. The summed E-state index contributed by atoms with van der Waals surface area (Å²) in [5.41, 5.74) is 0.571. The second kappa shape index (κ2) is 5.98. The number of carbonyl (C=O) groups is 2. The number of hydrogen-bond acceptors (Lipinski definition) is 2. The van der Waals surface area contributed by atoms with Crippen LogP contribution in [-0.4, -0.2) is 17.0 Å². The molecule has 0 aromatic heterocycles. The van der Waals surface area contributed by atoms with E-state index in [9.17, 15) is 14.0 Å². The van der Waals surface area contributed by atoms with Gasteiger partial charge in [-0.25, -0.2) is 4.39 Å². The minimum absolute atomic E-state index is 0.0819. The lowest BCUT2D eigenvalue weighted by Crippen LogP contribution is -2.26. The largest absolute Gasteiger partial charge is 0.481 e. The number of rotatable bonds is 5. The van der Waals surface area contributed by atoms with Crippen molar-refractivity contribution in [3.05, 3.63) is 35.6 Å². The molecule has 17 heavy (non-hydrogen) atoms. The number of aliphatic carboxylic acids is 1. The Kier molecular flexibility index (Phi) is 4.63. The van der Waals surface area contributed by atoms with Crippen LogP contribution in [0.1, 0.15) is 31.4 Å². The number of nitrogens with one attached hydrogen (secondary N) is 1. The van der Waals surface area contributed by atoms with Gasteiger partial charge in [-0.2, -0.15) is 0 Å². The fourth-order valence-corrected chi connectivity index (χ4v) is 1.56. The highest BCUT2D eigenvalue weighted by molar-refractivity contribution is 5.73. The highest BCUT2D eigenvalue weighted by Gasteiger charge is 2.14. The van der Waals surface area contributed by atoms with Crippen molar-refractivity contribution in [1.29, 1.82) is 0 Å². The Hall–Kier alpha value is -1.91. The highest BCUT2D eigenvalue weighted by atomic mass is 19.1. The van der Waals surface area contributed by atoms with Crippen LogP contribution in [0.5, 0.6) is 0 Å². The van der Waals surface area contributed by atoms with E-state index in [4.69, 9.17) is 5.11 Å². The molecule has 0 heterocycles. The Labute approximate surface area is 98.5 Å². The third-order valence-electron chi connectivity index (χ3n) is 2.28. The summed E-state index contributed by atoms with van der Waals surface area (Å²) >= 11 is 0. The van der Waals surface area contributed by atoms with Crippen LogP contribution in [-0.2, 0) is 9.59 Å². The Balaban J connectivity index is 2.81. The standard InChI is InChI=1S/C12H14FNO3/c1-8(15)14-11(5-6-12(16)17)9-3-2-4-10(13)7-9/h2-4,7,11H,5-6H2,1H3,(H,14,15)(H,16,17). The molecule has 0 saturated heterocycles. The summed E-state index contributed by atoms with van der Waals surface area (Å²) in [6.45, 7) is 1.34. The van der Waals surface area contributed by atoms with Crippen molar-refractivity contribution in [3.63, 3.8) is 0 Å². The quantitative estimate of drug-likeness (QED) is 0.824. The van der Waals surface area contributed by atoms with Gasteiger partial charge < -0.3 is 10.4 Å². The Bertz CT molecular complexity index is 420. The maximum absolute atomic E-state index is 13.0. The highest BCUT2D eigenvalue weighted by Crippen LogP contribution is 2.19. The van der Waals surface area contributed by atoms with Crippen LogP contribution < -0.4 is 5.32 Å². The maximum atomic E-state index is 13.0. The van der Waals surface area contributed by atoms with E-state index in [1.165, 1.54) is 25.1 Å². The van der Waals surface area contributed by atoms with Crippen LogP contribution in [0.25, 0.3) is 0 Å². The number of amides is 1. The van der Waals surface area contributed by atoms with Crippen LogP contribution in [0.3, 0.4) is 0 Å². The number of hydrogen-bond donors (Lipinski definition) is 2. The number of carbonyl (C=O) groups excluding carboxylic acids is 1. The van der Waals surface area contributed by atoms with Crippen molar-refractivity contribution >= 4 is 11.9 Å². The second-order valence-corrected chi connectivity index (χ2v) is 3.74. The molecule has 1 atom stereocenters. The van der Waals surface area contributed by atoms with E-state index in [-0.39, 0.29) is 18.7 Å². The van der Waals surface area contributed by atoms with Crippen molar-refractivity contribution in [2.75, 3.05) is 0 Å². The minimum Gasteiger partial charge on any atom is -0.481 e. The molecule has 1 rings (SSSR count). The van der Waals surface area contributed by atoms with E-state index in [1.807, 2.05) is 0 Å². The molecule has 0 fully saturated rings. The predicted molar refractivity (Wildman–Crippen MR) is 59.8 cm³/mol. The molecule has 0 spiro atoms. The molecular weight excluding hydrogens is 225 g/mol. The van der Waals surface area contributed by atoms with Gasteiger partial charge in [0.25, 0.3) is 0 Å². The zero-order chi connectivity index (χ0) is 12.8. The number of carboxylic acids is 1. The molecule has 5 heteroatoms. The second-order valence-electron chi connectivity index (χ2n) is 3.74. The number of halogens is 1. The molecule has 4 nitrogen and oxygen atoms in total. The first-order valence-corrected chi connectivity index (χ1v) is 5.23. The van der Waals surface area contributed by atoms with Gasteiger partial charge >= 0.3 is 5.97 Å². The molecule has 0 aliphatic rings. The molecule has 0 aliphatic carbocycles. The third kappa shape index (κ3) is 4.63. The van der Waals surface area contributed by atoms with E-state index in [1.54, 1.807) is 6.07 Å². The van der Waals surface area contributed by atoms with Crippen molar-refractivity contribution in [1.82, 2.24) is 5.32 Å². The molecular formula is C12H14FNO3. The number of benzene rings is 1. The van der Waals surface area contributed by atoms with Crippen LogP contribution in [0.4, 0.5) is 4.39 Å². The van der Waals surface area contributed by atoms with Crippen LogP contribution in [0.2, 0.25) is 0 Å². The first-order valence-electron chi connectivity index (χ1n) is 5.23. The van der Waals surface area contributed by atoms with Crippen LogP contribution in [0, 0.1) is 5.82 Å². The van der Waals surface area contributed by atoms with E-state index in [0.29, 0.717) is 5.56 Å². The first-order chi connectivity index (χ1) is 7.99. The lowest BCUT2D eigenvalue weighted by Gasteiger charge is -2.17. The Morgan fingerprint density at radius 1 is 1.47 bits per heavy atom. The summed E-state index contributed by atoms with van der Waals surface area (Å²) < 4.78 is 13.0. The average molecular weight is 239 g/mol. The minimum atomic E-state index is -0.947. The molecule has 1 unspecified atom stereocenters. The van der Waals surface area contributed by atoms with Gasteiger partial charge in [0.05, 0.1) is 6.04 Å². The van der Waals surface area contributed by atoms with Crippen molar-refractivity contribution in [2.45, 2.75) is 25.8 Å². The van der Waals surface area contributed by atoms with Gasteiger partial charge in [-0.3, -0.25) is 9.59 Å². The SMILES string of the molecule is CC(=O)NC(CCC(=O)O)c1cccc(F)c1. The normalized spacial score (nSPS) is 11.9. The number of carboxylic acid groups (broad SMARTS) is 1. The smallest absolute Gasteiger partial charge is 0.303 e. The van der Waals surface area contributed by atoms with Gasteiger partial charge in [-0.05, 0) is 24.1 Å². The van der Waals surface area contributed by atoms with E-state index in [2.05, 4.69) is 5.32 Å². The zero-order valence-electron chi connectivity index (χ0n) is 9.44. The third-order valence-corrected chi connectivity index (χ3v) is 2.28. The van der Waals surface area contributed by atoms with Crippen molar-refractivity contribution < 1.29 is 19.1 Å². The molecule has 0 bridgehead atoms. The van der Waals surface area contributed by atoms with Crippen molar-refractivity contribution in [2.24, 2.45) is 0 Å². The van der Waals surface area contributed by atoms with E-state index < -0.39 is 17.8 Å². The molecule has 0 radical (unpaired) electrons. The fraction of sp³-hybridized carbons (Fsp3) is 0.333. The topological polar surface area (TPSA) is 66.4 Å². The lowest BCUT2D eigenvalue weighted by atomic mass is 10.0. The van der Waals surface area contributed by atoms with Crippen LogP contribution in [0.15, 0.2) is 24.3 Å². The Morgan fingerprint density at radius 3 is 2.71 bits per heavy atom. The monoisotopic (exact) mass is 239 g/mol. The van der Waals surface area contributed by atoms with Gasteiger partial charge in [-0.1, -0.05) is 12.1 Å². The van der Waals surface area contributed by atoms with Gasteiger partial charge in [0.15, 0.2) is 0 Å². The Morgan fingerprint density at radius 2 is 2.18 bits per heavy atom. The molecule has 92 valence electrons. The van der Waals surface area contributed by atoms with Gasteiger partial charge in [-0.15, -0.1) is 0 Å². The van der Waals surface area contributed by atoms with Crippen LogP contribution >= 0.6 is 0 Å². The zero-order valence-corrected chi connectivity index (χ0v) is 9.44. The first kappa shape index (κ1) is 13.2. The van der Waals surface area contributed by atoms with Gasteiger partial charge in [0, 0.05) is 13.3 Å². The average Bonchev–Trinajstić information content (AvgIpc) is 2.23. The van der Waals surface area contributed by atoms with Gasteiger partial charge in [0.1, 0.15) is 5.82 Å². The van der Waals surface area contributed by atoms with E-state index >= 15 is 0 Å².